The highest BCUT2D eigenvalue weighted by Gasteiger charge is 2.81. The van der Waals surface area contributed by atoms with Crippen molar-refractivity contribution >= 4 is 0 Å². The number of fused-ring (bicyclic) bond motifs is 2. The second-order valence-electron chi connectivity index (χ2n) is 11.0. The van der Waals surface area contributed by atoms with Crippen molar-refractivity contribution in [3.05, 3.63) is 23.3 Å². The third-order valence-electron chi connectivity index (χ3n) is 10.1. The molecule has 7 rings (SSSR count). The molecule has 7 atom stereocenters. The Hall–Kier alpha value is -1.30. The maximum absolute atomic E-state index is 11.7. The Balaban J connectivity index is 1.64. The molecule has 0 amide bonds. The maximum Gasteiger partial charge on any atom is 0.165 e. The topological polar surface area (TPSA) is 62.2 Å². The number of hydrogen-bond donors (Lipinski definition) is 2. The molecule has 4 fully saturated rings. The lowest BCUT2D eigenvalue weighted by atomic mass is 9.33. The van der Waals surface area contributed by atoms with Crippen molar-refractivity contribution in [2.75, 3.05) is 20.7 Å². The molecule has 4 bridgehead atoms. The molecule has 2 N–H and O–H groups in total. The van der Waals surface area contributed by atoms with E-state index in [1.807, 2.05) is 20.1 Å². The lowest BCUT2D eigenvalue weighted by Gasteiger charge is -2.74. The summed E-state index contributed by atoms with van der Waals surface area (Å²) in [5.74, 6) is 0.977. The second-order valence-corrected chi connectivity index (χ2v) is 11.0. The molecule has 2 aliphatic heterocycles. The van der Waals surface area contributed by atoms with E-state index < -0.39 is 11.2 Å². The summed E-state index contributed by atoms with van der Waals surface area (Å²) in [4.78, 5) is 2.56. The van der Waals surface area contributed by atoms with Crippen LogP contribution in [-0.4, -0.2) is 59.2 Å². The van der Waals surface area contributed by atoms with Crippen molar-refractivity contribution in [1.82, 2.24) is 4.90 Å². The molecule has 1 unspecified atom stereocenters. The Labute approximate surface area is 179 Å². The summed E-state index contributed by atoms with van der Waals surface area (Å²) in [5.41, 5.74) is 1.21. The van der Waals surface area contributed by atoms with Gasteiger partial charge in [-0.15, -0.1) is 0 Å². The molecule has 1 aromatic rings. The Kier molecular flexibility index (Phi) is 3.70. The van der Waals surface area contributed by atoms with Crippen LogP contribution in [0.2, 0.25) is 0 Å². The number of rotatable bonds is 4. The van der Waals surface area contributed by atoms with Crippen molar-refractivity contribution in [1.29, 1.82) is 0 Å². The number of piperidine rings is 1. The van der Waals surface area contributed by atoms with Crippen LogP contribution < -0.4 is 4.74 Å². The molecule has 4 aliphatic carbocycles. The molecule has 2 spiro atoms. The Bertz CT molecular complexity index is 915. The SMILES string of the molecule is CCC[C@@](C)(O)C1C[C@@]23CC[C@@]1(OC)[C@@H]1Oc4c(O)ccc5c4[C@@]12CCN(C)[C@@H]3C5. The van der Waals surface area contributed by atoms with E-state index >= 15 is 0 Å². The van der Waals surface area contributed by atoms with Crippen LogP contribution in [-0.2, 0) is 16.6 Å². The highest BCUT2D eigenvalue weighted by Crippen LogP contribution is 2.77. The predicted octanol–water partition coefficient (Wildman–Crippen LogP) is 3.39. The lowest BCUT2D eigenvalue weighted by Crippen LogP contribution is -2.82. The number of phenols is 1. The van der Waals surface area contributed by atoms with Crippen LogP contribution in [0.1, 0.15) is 63.5 Å². The summed E-state index contributed by atoms with van der Waals surface area (Å²) in [7, 11) is 4.09. The van der Waals surface area contributed by atoms with E-state index in [0.29, 0.717) is 11.8 Å². The number of ether oxygens (including phenoxy) is 2. The quantitative estimate of drug-likeness (QED) is 0.792. The van der Waals surface area contributed by atoms with Gasteiger partial charge in [0.25, 0.3) is 0 Å². The second kappa shape index (κ2) is 5.73. The first kappa shape index (κ1) is 19.4. The molecule has 0 radical (unpaired) electrons. The number of nitrogens with zero attached hydrogens (tertiary/aromatic N) is 1. The van der Waals surface area contributed by atoms with Gasteiger partial charge in [-0.2, -0.15) is 0 Å². The monoisotopic (exact) mass is 413 g/mol. The zero-order chi connectivity index (χ0) is 21.1. The number of methoxy groups -OCH3 is 1. The summed E-state index contributed by atoms with van der Waals surface area (Å²) >= 11 is 0. The fourth-order valence-corrected chi connectivity index (χ4v) is 9.09. The van der Waals surface area contributed by atoms with Crippen molar-refractivity contribution in [3.8, 4) is 11.5 Å². The Morgan fingerprint density at radius 3 is 2.83 bits per heavy atom. The zero-order valence-corrected chi connectivity index (χ0v) is 18.7. The number of aromatic hydroxyl groups is 1. The van der Waals surface area contributed by atoms with Crippen LogP contribution in [0.25, 0.3) is 0 Å². The minimum Gasteiger partial charge on any atom is -0.504 e. The van der Waals surface area contributed by atoms with E-state index in [-0.39, 0.29) is 28.6 Å². The molecule has 164 valence electrons. The van der Waals surface area contributed by atoms with Gasteiger partial charge in [0.05, 0.1) is 5.60 Å². The number of likely N-dealkylation sites (N-methyl/N-ethyl adjacent to an activating group) is 1. The van der Waals surface area contributed by atoms with Gasteiger partial charge in [0.15, 0.2) is 11.5 Å². The molecule has 30 heavy (non-hydrogen) atoms. The molecule has 1 aromatic carbocycles. The first-order valence-electron chi connectivity index (χ1n) is 11.8. The number of hydrogen-bond acceptors (Lipinski definition) is 5. The van der Waals surface area contributed by atoms with Gasteiger partial charge in [0.2, 0.25) is 0 Å². The van der Waals surface area contributed by atoms with Crippen LogP contribution in [0, 0.1) is 11.3 Å². The average molecular weight is 414 g/mol. The van der Waals surface area contributed by atoms with E-state index in [2.05, 4.69) is 24.9 Å². The maximum atomic E-state index is 11.7. The van der Waals surface area contributed by atoms with Gasteiger partial charge in [0.1, 0.15) is 11.7 Å². The zero-order valence-electron chi connectivity index (χ0n) is 18.7. The van der Waals surface area contributed by atoms with Crippen molar-refractivity contribution < 1.29 is 19.7 Å². The van der Waals surface area contributed by atoms with Gasteiger partial charge in [-0.25, -0.2) is 0 Å². The van der Waals surface area contributed by atoms with Crippen LogP contribution >= 0.6 is 0 Å². The van der Waals surface area contributed by atoms with E-state index in [4.69, 9.17) is 9.47 Å². The first-order chi connectivity index (χ1) is 14.3. The fraction of sp³-hybridized carbons (Fsp3) is 0.760. The fourth-order valence-electron chi connectivity index (χ4n) is 9.09. The Morgan fingerprint density at radius 2 is 2.10 bits per heavy atom. The third kappa shape index (κ3) is 1.85. The van der Waals surface area contributed by atoms with Crippen LogP contribution in [0.5, 0.6) is 11.5 Å². The molecule has 3 saturated carbocycles. The number of likely N-dealkylation sites (tertiary alicyclic amines) is 1. The minimum absolute atomic E-state index is 0.0221. The number of phenolic OH excluding ortho intramolecular Hbond substituents is 1. The molecular weight excluding hydrogens is 378 g/mol. The standard InChI is InChI=1S/C25H35NO4/c1-5-8-22(2,28)17-14-23-9-10-25(17,29-4)21-24(23)11-12-26(3)18(23)13-15-6-7-16(27)20(30-21)19(15)24/h6-7,17-18,21,27-28H,5,8-14H2,1-4H3/t17?,18-,21-,22-,23-,24+,25+/m1/s1. The molecule has 2 heterocycles. The van der Waals surface area contributed by atoms with Gasteiger partial charge in [-0.3, -0.25) is 0 Å². The molecule has 0 aromatic heterocycles. The van der Waals surface area contributed by atoms with E-state index in [1.54, 1.807) is 0 Å². The van der Waals surface area contributed by atoms with Gasteiger partial charge in [0, 0.05) is 35.5 Å². The first-order valence-corrected chi connectivity index (χ1v) is 11.8. The third-order valence-corrected chi connectivity index (χ3v) is 10.1. The van der Waals surface area contributed by atoms with Crippen LogP contribution in [0.4, 0.5) is 0 Å². The van der Waals surface area contributed by atoms with Crippen LogP contribution in [0.15, 0.2) is 12.1 Å². The van der Waals surface area contributed by atoms with Gasteiger partial charge >= 0.3 is 0 Å². The summed E-state index contributed by atoms with van der Waals surface area (Å²) in [6.07, 6.45) is 6.57. The smallest absolute Gasteiger partial charge is 0.165 e. The minimum atomic E-state index is -0.798. The molecule has 6 aliphatic rings. The molecule has 1 saturated heterocycles. The molecule has 5 heteroatoms. The summed E-state index contributed by atoms with van der Waals surface area (Å²) in [5, 5.41) is 22.5. The summed E-state index contributed by atoms with van der Waals surface area (Å²) < 4.78 is 13.2. The number of aliphatic hydroxyl groups is 1. The van der Waals surface area contributed by atoms with Crippen molar-refractivity contribution in [2.24, 2.45) is 11.3 Å². The van der Waals surface area contributed by atoms with E-state index in [1.165, 1.54) is 11.1 Å². The van der Waals surface area contributed by atoms with E-state index in [9.17, 15) is 10.2 Å². The summed E-state index contributed by atoms with van der Waals surface area (Å²) in [6.45, 7) is 5.19. The highest BCUT2D eigenvalue weighted by atomic mass is 16.6. The van der Waals surface area contributed by atoms with Crippen molar-refractivity contribution in [2.45, 2.75) is 87.6 Å². The summed E-state index contributed by atoms with van der Waals surface area (Å²) in [6, 6.07) is 4.37. The number of benzene rings is 1. The van der Waals surface area contributed by atoms with Crippen molar-refractivity contribution in [3.63, 3.8) is 0 Å². The lowest BCUT2D eigenvalue weighted by molar-refractivity contribution is -0.301. The highest BCUT2D eigenvalue weighted by molar-refractivity contribution is 5.63. The largest absolute Gasteiger partial charge is 0.504 e. The Morgan fingerprint density at radius 1 is 1.30 bits per heavy atom. The normalized spacial score (nSPS) is 45.0. The van der Waals surface area contributed by atoms with Gasteiger partial charge in [-0.05, 0) is 70.7 Å². The van der Waals surface area contributed by atoms with Crippen LogP contribution in [0.3, 0.4) is 0 Å². The molecular formula is C25H35NO4. The average Bonchev–Trinajstić information content (AvgIpc) is 3.09. The van der Waals surface area contributed by atoms with Gasteiger partial charge < -0.3 is 24.6 Å². The van der Waals surface area contributed by atoms with E-state index in [0.717, 1.165) is 51.5 Å². The van der Waals surface area contributed by atoms with Gasteiger partial charge in [-0.1, -0.05) is 19.4 Å². The molecule has 5 nitrogen and oxygen atoms in total. The predicted molar refractivity (Wildman–Crippen MR) is 114 cm³/mol.